The molecular formula is C23H29NOS. The summed E-state index contributed by atoms with van der Waals surface area (Å²) in [6.45, 7) is 4.24. The van der Waals surface area contributed by atoms with Gasteiger partial charge in [0.2, 0.25) is 5.91 Å². The van der Waals surface area contributed by atoms with Crippen molar-refractivity contribution in [1.82, 2.24) is 5.32 Å². The van der Waals surface area contributed by atoms with Crippen molar-refractivity contribution in [3.8, 4) is 0 Å². The molecule has 0 bridgehead atoms. The van der Waals surface area contributed by atoms with E-state index in [1.54, 1.807) is 11.8 Å². The van der Waals surface area contributed by atoms with E-state index in [1.807, 2.05) is 0 Å². The van der Waals surface area contributed by atoms with Crippen LogP contribution in [0.25, 0.3) is 0 Å². The van der Waals surface area contributed by atoms with E-state index < -0.39 is 0 Å². The first-order valence-corrected chi connectivity index (χ1v) is 10.9. The van der Waals surface area contributed by atoms with Crippen LogP contribution in [0.15, 0.2) is 42.5 Å². The first kappa shape index (κ1) is 19.0. The molecule has 0 unspecified atom stereocenters. The van der Waals surface area contributed by atoms with E-state index in [-0.39, 0.29) is 11.9 Å². The van der Waals surface area contributed by atoms with Gasteiger partial charge in [-0.2, -0.15) is 0 Å². The lowest BCUT2D eigenvalue weighted by Gasteiger charge is -2.21. The number of carbonyl (C=O) groups excluding carboxylic acids is 1. The third-order valence-corrected chi connectivity index (χ3v) is 6.14. The summed E-state index contributed by atoms with van der Waals surface area (Å²) < 4.78 is 0. The van der Waals surface area contributed by atoms with E-state index >= 15 is 0 Å². The summed E-state index contributed by atoms with van der Waals surface area (Å²) in [5.74, 6) is 1.52. The van der Waals surface area contributed by atoms with Gasteiger partial charge < -0.3 is 5.32 Å². The van der Waals surface area contributed by atoms with E-state index in [0.29, 0.717) is 5.75 Å². The van der Waals surface area contributed by atoms with E-state index in [9.17, 15) is 4.79 Å². The minimum atomic E-state index is 0.120. The summed E-state index contributed by atoms with van der Waals surface area (Å²) in [6, 6.07) is 15.4. The normalized spacial score (nSPS) is 14.5. The van der Waals surface area contributed by atoms with Crippen LogP contribution in [0.3, 0.4) is 0 Å². The minimum absolute atomic E-state index is 0.120. The monoisotopic (exact) mass is 367 g/mol. The van der Waals surface area contributed by atoms with Crippen LogP contribution in [0, 0.1) is 6.92 Å². The Balaban J connectivity index is 1.52. The highest BCUT2D eigenvalue weighted by molar-refractivity contribution is 7.99. The number of rotatable bonds is 7. The average molecular weight is 368 g/mol. The fourth-order valence-corrected chi connectivity index (χ4v) is 4.37. The van der Waals surface area contributed by atoms with E-state index in [0.717, 1.165) is 12.2 Å². The number of fused-ring (bicyclic) bond motifs is 1. The Labute approximate surface area is 161 Å². The second kappa shape index (κ2) is 9.27. The smallest absolute Gasteiger partial charge is 0.230 e. The third kappa shape index (κ3) is 5.14. The molecule has 0 saturated heterocycles. The van der Waals surface area contributed by atoms with Crippen molar-refractivity contribution in [3.05, 3.63) is 70.3 Å². The molecule has 26 heavy (non-hydrogen) atoms. The van der Waals surface area contributed by atoms with Crippen LogP contribution in [0.2, 0.25) is 0 Å². The number of carbonyl (C=O) groups is 1. The highest BCUT2D eigenvalue weighted by atomic mass is 32.2. The molecule has 2 aromatic carbocycles. The van der Waals surface area contributed by atoms with Crippen molar-refractivity contribution in [2.24, 2.45) is 0 Å². The lowest BCUT2D eigenvalue weighted by molar-refractivity contribution is -0.119. The van der Waals surface area contributed by atoms with E-state index in [2.05, 4.69) is 61.6 Å². The molecule has 0 heterocycles. The second-order valence-electron chi connectivity index (χ2n) is 7.24. The highest BCUT2D eigenvalue weighted by Crippen LogP contribution is 2.26. The molecule has 2 nitrogen and oxygen atoms in total. The van der Waals surface area contributed by atoms with Crippen LogP contribution in [0.5, 0.6) is 0 Å². The molecule has 2 aromatic rings. The van der Waals surface area contributed by atoms with Gasteiger partial charge in [-0.3, -0.25) is 4.79 Å². The summed E-state index contributed by atoms with van der Waals surface area (Å²) >= 11 is 1.68. The van der Waals surface area contributed by atoms with E-state index in [4.69, 9.17) is 0 Å². The molecule has 0 aliphatic heterocycles. The molecular weight excluding hydrogens is 338 g/mol. The Morgan fingerprint density at radius 3 is 2.54 bits per heavy atom. The standard InChI is InChI=1S/C23H29NOS/c1-3-22(21-13-12-19-6-4-5-7-20(19)14-21)24-23(25)16-26-15-18-10-8-17(2)9-11-18/h8-14,22H,3-7,15-16H2,1-2H3,(H,24,25)/t22-/m0/s1. The topological polar surface area (TPSA) is 29.1 Å². The summed E-state index contributed by atoms with van der Waals surface area (Å²) in [6.07, 6.45) is 5.90. The van der Waals surface area contributed by atoms with Crippen molar-refractivity contribution >= 4 is 17.7 Å². The van der Waals surface area contributed by atoms with Crippen LogP contribution < -0.4 is 5.32 Å². The zero-order valence-corrected chi connectivity index (χ0v) is 16.7. The lowest BCUT2D eigenvalue weighted by atomic mass is 9.89. The SMILES string of the molecule is CC[C@H](NC(=O)CSCc1ccc(C)cc1)c1ccc2c(c1)CCCC2. The van der Waals surface area contributed by atoms with Crippen LogP contribution >= 0.6 is 11.8 Å². The maximum absolute atomic E-state index is 12.4. The number of nitrogens with one attached hydrogen (secondary N) is 1. The molecule has 1 N–H and O–H groups in total. The van der Waals surface area contributed by atoms with Crippen LogP contribution in [-0.2, 0) is 23.4 Å². The molecule has 1 amide bonds. The molecule has 138 valence electrons. The number of benzene rings is 2. The highest BCUT2D eigenvalue weighted by Gasteiger charge is 2.16. The van der Waals surface area contributed by atoms with Gasteiger partial charge in [-0.1, -0.05) is 55.0 Å². The Morgan fingerprint density at radius 2 is 1.81 bits per heavy atom. The predicted molar refractivity (Wildman–Crippen MR) is 112 cm³/mol. The van der Waals surface area contributed by atoms with Gasteiger partial charge in [0.1, 0.15) is 0 Å². The molecule has 0 spiro atoms. The molecule has 0 fully saturated rings. The van der Waals surface area contributed by atoms with Crippen molar-refractivity contribution in [2.75, 3.05) is 5.75 Å². The third-order valence-electron chi connectivity index (χ3n) is 5.14. The minimum Gasteiger partial charge on any atom is -0.349 e. The zero-order chi connectivity index (χ0) is 18.4. The van der Waals surface area contributed by atoms with Gasteiger partial charge >= 0.3 is 0 Å². The van der Waals surface area contributed by atoms with E-state index in [1.165, 1.54) is 53.5 Å². The number of hydrogen-bond donors (Lipinski definition) is 1. The Morgan fingerprint density at radius 1 is 1.08 bits per heavy atom. The summed E-state index contributed by atoms with van der Waals surface area (Å²) in [5, 5.41) is 3.23. The largest absolute Gasteiger partial charge is 0.349 e. The van der Waals surface area contributed by atoms with Gasteiger partial charge in [-0.05, 0) is 61.3 Å². The van der Waals surface area contributed by atoms with Crippen molar-refractivity contribution in [2.45, 2.75) is 57.7 Å². The quantitative estimate of drug-likeness (QED) is 0.712. The van der Waals surface area contributed by atoms with Crippen LogP contribution in [-0.4, -0.2) is 11.7 Å². The molecule has 1 aliphatic rings. The average Bonchev–Trinajstić information content (AvgIpc) is 2.67. The Kier molecular flexibility index (Phi) is 6.79. The molecule has 3 rings (SSSR count). The summed E-state index contributed by atoms with van der Waals surface area (Å²) in [4.78, 5) is 12.4. The van der Waals surface area contributed by atoms with Gasteiger partial charge in [0, 0.05) is 5.75 Å². The molecule has 0 saturated carbocycles. The molecule has 0 radical (unpaired) electrons. The van der Waals surface area contributed by atoms with Gasteiger partial charge in [-0.15, -0.1) is 11.8 Å². The van der Waals surface area contributed by atoms with Crippen molar-refractivity contribution in [1.29, 1.82) is 0 Å². The zero-order valence-electron chi connectivity index (χ0n) is 15.9. The molecule has 1 atom stereocenters. The summed E-state index contributed by atoms with van der Waals surface area (Å²) in [7, 11) is 0. The maximum Gasteiger partial charge on any atom is 0.230 e. The first-order valence-electron chi connectivity index (χ1n) is 9.70. The van der Waals surface area contributed by atoms with Crippen LogP contribution in [0.4, 0.5) is 0 Å². The molecule has 1 aliphatic carbocycles. The number of aryl methyl sites for hydroxylation is 3. The fourth-order valence-electron chi connectivity index (χ4n) is 3.57. The molecule has 3 heteroatoms. The maximum atomic E-state index is 12.4. The number of amides is 1. The van der Waals surface area contributed by atoms with Gasteiger partial charge in [0.05, 0.1) is 11.8 Å². The van der Waals surface area contributed by atoms with Gasteiger partial charge in [0.25, 0.3) is 0 Å². The summed E-state index contributed by atoms with van der Waals surface area (Å²) in [5.41, 5.74) is 6.78. The number of thioether (sulfide) groups is 1. The number of hydrogen-bond acceptors (Lipinski definition) is 2. The second-order valence-corrected chi connectivity index (χ2v) is 8.23. The van der Waals surface area contributed by atoms with Gasteiger partial charge in [0.15, 0.2) is 0 Å². The van der Waals surface area contributed by atoms with Crippen molar-refractivity contribution in [3.63, 3.8) is 0 Å². The van der Waals surface area contributed by atoms with Gasteiger partial charge in [-0.25, -0.2) is 0 Å². The predicted octanol–water partition coefficient (Wildman–Crippen LogP) is 5.37. The Hall–Kier alpha value is -1.74. The fraction of sp³-hybridized carbons (Fsp3) is 0.435. The van der Waals surface area contributed by atoms with Crippen LogP contribution in [0.1, 0.15) is 60.0 Å². The van der Waals surface area contributed by atoms with Crippen molar-refractivity contribution < 1.29 is 4.79 Å². The molecule has 0 aromatic heterocycles. The lowest BCUT2D eigenvalue weighted by Crippen LogP contribution is -2.29. The first-order chi connectivity index (χ1) is 12.7. The Bertz CT molecular complexity index is 738.